The van der Waals surface area contributed by atoms with Gasteiger partial charge in [-0.3, -0.25) is 9.89 Å². The van der Waals surface area contributed by atoms with Gasteiger partial charge in [-0.05, 0) is 31.2 Å². The molecule has 3 atom stereocenters. The number of sulfone groups is 1. The monoisotopic (exact) mass is 506 g/mol. The largest absolute Gasteiger partial charge is 0.356 e. The lowest BCUT2D eigenvalue weighted by atomic mass is 10.1. The van der Waals surface area contributed by atoms with Gasteiger partial charge in [0.2, 0.25) is 0 Å². The van der Waals surface area contributed by atoms with E-state index in [4.69, 9.17) is 0 Å². The maximum absolute atomic E-state index is 11.6. The second kappa shape index (κ2) is 10.1. The van der Waals surface area contributed by atoms with Crippen LogP contribution < -0.4 is 10.6 Å². The van der Waals surface area contributed by atoms with Crippen LogP contribution in [0.3, 0.4) is 0 Å². The lowest BCUT2D eigenvalue weighted by Gasteiger charge is -2.21. The van der Waals surface area contributed by atoms with Gasteiger partial charge in [0.15, 0.2) is 15.8 Å². The number of nitrogens with one attached hydrogen (secondary N) is 2. The van der Waals surface area contributed by atoms with Gasteiger partial charge in [-0.25, -0.2) is 8.42 Å². The van der Waals surface area contributed by atoms with Crippen molar-refractivity contribution in [3.05, 3.63) is 35.9 Å². The summed E-state index contributed by atoms with van der Waals surface area (Å²) in [4.78, 5) is 6.80. The summed E-state index contributed by atoms with van der Waals surface area (Å²) in [5.41, 5.74) is 1.34. The van der Waals surface area contributed by atoms with E-state index in [0.717, 1.165) is 31.9 Å². The van der Waals surface area contributed by atoms with Gasteiger partial charge in [0.05, 0.1) is 11.5 Å². The van der Waals surface area contributed by atoms with E-state index in [1.54, 1.807) is 7.05 Å². The number of benzene rings is 1. The highest BCUT2D eigenvalue weighted by Crippen LogP contribution is 2.20. The highest BCUT2D eigenvalue weighted by atomic mass is 127. The smallest absolute Gasteiger partial charge is 0.191 e. The molecule has 2 fully saturated rings. The molecule has 2 N–H and O–H groups in total. The molecular formula is C19H31IN4O2S. The maximum atomic E-state index is 11.6. The summed E-state index contributed by atoms with van der Waals surface area (Å²) in [6.45, 7) is 4.87. The molecular weight excluding hydrogens is 475 g/mol. The summed E-state index contributed by atoms with van der Waals surface area (Å²) < 4.78 is 23.2. The molecule has 3 unspecified atom stereocenters. The molecule has 6 nitrogen and oxygen atoms in total. The predicted octanol–water partition coefficient (Wildman–Crippen LogP) is 1.87. The summed E-state index contributed by atoms with van der Waals surface area (Å²) in [6.07, 6.45) is 1.82. The summed E-state index contributed by atoms with van der Waals surface area (Å²) in [6, 6.07) is 11.4. The molecule has 8 heteroatoms. The molecule has 0 bridgehead atoms. The molecule has 0 aliphatic carbocycles. The Kier molecular flexibility index (Phi) is 8.36. The topological polar surface area (TPSA) is 73.8 Å². The molecule has 0 amide bonds. The number of likely N-dealkylation sites (tertiary alicyclic amines) is 1. The Morgan fingerprint density at radius 3 is 2.67 bits per heavy atom. The molecule has 2 aliphatic rings. The molecule has 27 heavy (non-hydrogen) atoms. The van der Waals surface area contributed by atoms with Crippen LogP contribution in [0.1, 0.15) is 25.3 Å². The Hall–Kier alpha value is -0.870. The van der Waals surface area contributed by atoms with Gasteiger partial charge < -0.3 is 10.6 Å². The van der Waals surface area contributed by atoms with Crippen LogP contribution in [0.4, 0.5) is 0 Å². The first-order valence-corrected chi connectivity index (χ1v) is 11.2. The Bertz CT molecular complexity index is 726. The summed E-state index contributed by atoms with van der Waals surface area (Å²) in [5.74, 6) is 1.58. The van der Waals surface area contributed by atoms with Crippen molar-refractivity contribution in [1.82, 2.24) is 15.5 Å². The maximum Gasteiger partial charge on any atom is 0.191 e. The quantitative estimate of drug-likeness (QED) is 0.363. The van der Waals surface area contributed by atoms with Crippen LogP contribution in [0.25, 0.3) is 0 Å². The SMILES string of the molecule is CN=C(NCC1CCS(=O)(=O)C1)NC1CC(C)N(Cc2ccccc2)C1.I. The van der Waals surface area contributed by atoms with Crippen molar-refractivity contribution >= 4 is 39.8 Å². The number of aliphatic imine (C=N–C) groups is 1. The highest BCUT2D eigenvalue weighted by molar-refractivity contribution is 14.0. The molecule has 1 aromatic rings. The number of hydrogen-bond donors (Lipinski definition) is 2. The van der Waals surface area contributed by atoms with E-state index in [9.17, 15) is 8.42 Å². The van der Waals surface area contributed by atoms with E-state index >= 15 is 0 Å². The molecule has 0 radical (unpaired) electrons. The molecule has 3 rings (SSSR count). The van der Waals surface area contributed by atoms with Gasteiger partial charge in [0.25, 0.3) is 0 Å². The molecule has 1 aromatic carbocycles. The second-order valence-corrected chi connectivity index (χ2v) is 9.79. The van der Waals surface area contributed by atoms with E-state index in [1.807, 2.05) is 6.07 Å². The van der Waals surface area contributed by atoms with Crippen molar-refractivity contribution in [3.8, 4) is 0 Å². The average Bonchev–Trinajstić information content (AvgIpc) is 3.14. The third-order valence-electron chi connectivity index (χ3n) is 5.38. The first-order valence-electron chi connectivity index (χ1n) is 9.41. The van der Waals surface area contributed by atoms with Crippen LogP contribution in [0.5, 0.6) is 0 Å². The number of nitrogens with zero attached hydrogens (tertiary/aromatic N) is 2. The van der Waals surface area contributed by atoms with Crippen molar-refractivity contribution in [2.75, 3.05) is 31.6 Å². The van der Waals surface area contributed by atoms with Crippen LogP contribution in [-0.2, 0) is 16.4 Å². The van der Waals surface area contributed by atoms with Gasteiger partial charge in [0.1, 0.15) is 0 Å². The molecule has 2 heterocycles. The van der Waals surface area contributed by atoms with E-state index in [-0.39, 0.29) is 29.9 Å². The van der Waals surface area contributed by atoms with E-state index in [2.05, 4.69) is 51.7 Å². The Morgan fingerprint density at radius 1 is 1.30 bits per heavy atom. The van der Waals surface area contributed by atoms with Gasteiger partial charge >= 0.3 is 0 Å². The Labute approximate surface area is 180 Å². The van der Waals surface area contributed by atoms with Crippen molar-refractivity contribution in [1.29, 1.82) is 0 Å². The fraction of sp³-hybridized carbons (Fsp3) is 0.632. The zero-order valence-corrected chi connectivity index (χ0v) is 19.2. The van der Waals surface area contributed by atoms with Gasteiger partial charge in [-0.2, -0.15) is 0 Å². The van der Waals surface area contributed by atoms with Crippen LogP contribution in [0.15, 0.2) is 35.3 Å². The summed E-state index contributed by atoms with van der Waals surface area (Å²) in [5, 5.41) is 6.82. The molecule has 0 spiro atoms. The summed E-state index contributed by atoms with van der Waals surface area (Å²) in [7, 11) is -1.06. The van der Waals surface area contributed by atoms with Crippen LogP contribution in [0, 0.1) is 5.92 Å². The van der Waals surface area contributed by atoms with Crippen molar-refractivity contribution in [2.45, 2.75) is 38.4 Å². The molecule has 2 aliphatic heterocycles. The number of hydrogen-bond acceptors (Lipinski definition) is 4. The molecule has 152 valence electrons. The van der Waals surface area contributed by atoms with Crippen LogP contribution >= 0.6 is 24.0 Å². The minimum atomic E-state index is -2.82. The Balaban J connectivity index is 0.00000261. The van der Waals surface area contributed by atoms with E-state index in [1.165, 1.54) is 5.56 Å². The molecule has 2 saturated heterocycles. The zero-order chi connectivity index (χ0) is 18.6. The third kappa shape index (κ3) is 6.60. The Morgan fingerprint density at radius 2 is 2.04 bits per heavy atom. The highest BCUT2D eigenvalue weighted by Gasteiger charge is 2.30. The van der Waals surface area contributed by atoms with Gasteiger partial charge in [-0.1, -0.05) is 30.3 Å². The predicted molar refractivity (Wildman–Crippen MR) is 121 cm³/mol. The number of halogens is 1. The second-order valence-electron chi connectivity index (χ2n) is 7.56. The van der Waals surface area contributed by atoms with Crippen LogP contribution in [0.2, 0.25) is 0 Å². The average molecular weight is 506 g/mol. The van der Waals surface area contributed by atoms with Gasteiger partial charge in [0, 0.05) is 38.8 Å². The number of rotatable bonds is 5. The molecule has 0 saturated carbocycles. The lowest BCUT2D eigenvalue weighted by Crippen LogP contribution is -2.46. The fourth-order valence-electron chi connectivity index (χ4n) is 3.90. The molecule has 0 aromatic heterocycles. The first kappa shape index (κ1) is 22.4. The minimum Gasteiger partial charge on any atom is -0.356 e. The number of guanidine groups is 1. The van der Waals surface area contributed by atoms with E-state index < -0.39 is 9.84 Å². The first-order chi connectivity index (χ1) is 12.4. The van der Waals surface area contributed by atoms with Gasteiger partial charge in [-0.15, -0.1) is 24.0 Å². The van der Waals surface area contributed by atoms with Crippen molar-refractivity contribution < 1.29 is 8.42 Å². The van der Waals surface area contributed by atoms with E-state index in [0.29, 0.717) is 30.1 Å². The standard InChI is InChI=1S/C19H30N4O2S.HI/c1-15-10-18(13-23(15)12-16-6-4-3-5-7-16)22-19(20-2)21-11-17-8-9-26(24,25)14-17;/h3-7,15,17-18H,8-14H2,1-2H3,(H2,20,21,22);1H. The lowest BCUT2D eigenvalue weighted by molar-refractivity contribution is 0.258. The van der Waals surface area contributed by atoms with Crippen molar-refractivity contribution in [3.63, 3.8) is 0 Å². The minimum absolute atomic E-state index is 0. The zero-order valence-electron chi connectivity index (χ0n) is 16.1. The third-order valence-corrected chi connectivity index (χ3v) is 7.22. The summed E-state index contributed by atoms with van der Waals surface area (Å²) >= 11 is 0. The van der Waals surface area contributed by atoms with Crippen molar-refractivity contribution in [2.24, 2.45) is 10.9 Å². The normalized spacial score (nSPS) is 27.9. The fourth-order valence-corrected chi connectivity index (χ4v) is 5.77. The van der Waals surface area contributed by atoms with Crippen LogP contribution in [-0.4, -0.2) is 63.0 Å².